The van der Waals surface area contributed by atoms with Crippen molar-refractivity contribution >= 4 is 23.2 Å². The molecule has 0 unspecified atom stereocenters. The van der Waals surface area contributed by atoms with Crippen molar-refractivity contribution in [2.24, 2.45) is 0 Å². The number of nitrogens with zero attached hydrogens (tertiary/aromatic N) is 1. The first-order valence-electron chi connectivity index (χ1n) is 8.38. The molecule has 0 spiro atoms. The van der Waals surface area contributed by atoms with Crippen LogP contribution in [0.15, 0.2) is 72.8 Å². The Morgan fingerprint density at radius 3 is 2.19 bits per heavy atom. The molecule has 27 heavy (non-hydrogen) atoms. The molecular formula is C22H17ClN2O2. The molecule has 0 aromatic heterocycles. The number of hydrogen-bond donors (Lipinski definition) is 1. The van der Waals surface area contributed by atoms with E-state index in [1.807, 2.05) is 36.4 Å². The van der Waals surface area contributed by atoms with Crippen LogP contribution in [0.4, 0.5) is 5.69 Å². The Morgan fingerprint density at radius 2 is 1.56 bits per heavy atom. The first-order chi connectivity index (χ1) is 13.1. The van der Waals surface area contributed by atoms with Gasteiger partial charge in [0.1, 0.15) is 12.4 Å². The first-order valence-corrected chi connectivity index (χ1v) is 8.76. The third-order valence-electron chi connectivity index (χ3n) is 3.93. The quantitative estimate of drug-likeness (QED) is 0.640. The number of carbonyl (C=O) groups is 1. The summed E-state index contributed by atoms with van der Waals surface area (Å²) in [6, 6.07) is 23.8. The second kappa shape index (κ2) is 8.88. The van der Waals surface area contributed by atoms with Gasteiger partial charge in [-0.1, -0.05) is 35.9 Å². The zero-order valence-corrected chi connectivity index (χ0v) is 15.2. The van der Waals surface area contributed by atoms with Gasteiger partial charge in [0.15, 0.2) is 0 Å². The van der Waals surface area contributed by atoms with E-state index in [4.69, 9.17) is 21.6 Å². The molecule has 4 nitrogen and oxygen atoms in total. The van der Waals surface area contributed by atoms with Gasteiger partial charge in [0.05, 0.1) is 12.5 Å². The fraction of sp³-hybridized carbons (Fsp3) is 0.0909. The van der Waals surface area contributed by atoms with Crippen molar-refractivity contribution < 1.29 is 9.53 Å². The average molecular weight is 377 g/mol. The summed E-state index contributed by atoms with van der Waals surface area (Å²) in [5.41, 5.74) is 3.13. The Labute approximate surface area is 163 Å². The summed E-state index contributed by atoms with van der Waals surface area (Å²) in [6.07, 6.45) is 0.355. The molecule has 0 fully saturated rings. The van der Waals surface area contributed by atoms with Gasteiger partial charge in [-0.25, -0.2) is 0 Å². The molecular weight excluding hydrogens is 360 g/mol. The maximum Gasteiger partial charge on any atom is 0.255 e. The van der Waals surface area contributed by atoms with Gasteiger partial charge in [-0.3, -0.25) is 4.79 Å². The number of amides is 1. The number of hydrogen-bond acceptors (Lipinski definition) is 3. The van der Waals surface area contributed by atoms with Crippen LogP contribution in [0.5, 0.6) is 5.75 Å². The van der Waals surface area contributed by atoms with E-state index >= 15 is 0 Å². The molecule has 3 rings (SSSR count). The predicted octanol–water partition coefficient (Wildman–Crippen LogP) is 5.24. The molecule has 1 amide bonds. The van der Waals surface area contributed by atoms with Crippen LogP contribution in [0.1, 0.15) is 21.5 Å². The van der Waals surface area contributed by atoms with Crippen molar-refractivity contribution in [2.45, 2.75) is 13.0 Å². The monoisotopic (exact) mass is 376 g/mol. The lowest BCUT2D eigenvalue weighted by atomic mass is 10.1. The molecule has 134 valence electrons. The number of benzene rings is 3. The SMILES string of the molecule is N#CCc1ccc(NC(=O)c2ccc(COc3ccc(Cl)cc3)cc2)cc1. The van der Waals surface area contributed by atoms with E-state index < -0.39 is 0 Å². The van der Waals surface area contributed by atoms with Gasteiger partial charge in [0.25, 0.3) is 5.91 Å². The number of nitriles is 1. The van der Waals surface area contributed by atoms with Gasteiger partial charge < -0.3 is 10.1 Å². The lowest BCUT2D eigenvalue weighted by Gasteiger charge is -2.08. The molecule has 0 saturated carbocycles. The van der Waals surface area contributed by atoms with Crippen LogP contribution in [-0.4, -0.2) is 5.91 Å². The lowest BCUT2D eigenvalue weighted by Crippen LogP contribution is -2.12. The number of nitrogens with one attached hydrogen (secondary N) is 1. The van der Waals surface area contributed by atoms with Crippen LogP contribution in [-0.2, 0) is 13.0 Å². The first kappa shape index (κ1) is 18.5. The smallest absolute Gasteiger partial charge is 0.255 e. The van der Waals surface area contributed by atoms with E-state index in [0.717, 1.165) is 16.9 Å². The summed E-state index contributed by atoms with van der Waals surface area (Å²) in [5.74, 6) is 0.550. The zero-order valence-electron chi connectivity index (χ0n) is 14.5. The highest BCUT2D eigenvalue weighted by atomic mass is 35.5. The summed E-state index contributed by atoms with van der Waals surface area (Å²) in [7, 11) is 0. The molecule has 0 heterocycles. The summed E-state index contributed by atoms with van der Waals surface area (Å²) < 4.78 is 5.69. The molecule has 0 aliphatic rings. The van der Waals surface area contributed by atoms with Gasteiger partial charge in [-0.15, -0.1) is 0 Å². The summed E-state index contributed by atoms with van der Waals surface area (Å²) in [4.78, 5) is 12.3. The number of ether oxygens (including phenoxy) is 1. The van der Waals surface area contributed by atoms with E-state index in [-0.39, 0.29) is 5.91 Å². The van der Waals surface area contributed by atoms with E-state index in [0.29, 0.717) is 29.3 Å². The van der Waals surface area contributed by atoms with Crippen LogP contribution in [0.2, 0.25) is 5.02 Å². The molecule has 3 aromatic carbocycles. The van der Waals surface area contributed by atoms with E-state index in [9.17, 15) is 4.79 Å². The van der Waals surface area contributed by atoms with Crippen LogP contribution < -0.4 is 10.1 Å². The third kappa shape index (κ3) is 5.34. The zero-order chi connectivity index (χ0) is 19.1. The minimum absolute atomic E-state index is 0.187. The van der Waals surface area contributed by atoms with Crippen molar-refractivity contribution in [1.29, 1.82) is 5.26 Å². The Morgan fingerprint density at radius 1 is 0.926 bits per heavy atom. The van der Waals surface area contributed by atoms with E-state index in [1.54, 1.807) is 36.4 Å². The van der Waals surface area contributed by atoms with Gasteiger partial charge in [0.2, 0.25) is 0 Å². The van der Waals surface area contributed by atoms with Crippen LogP contribution in [0, 0.1) is 11.3 Å². The van der Waals surface area contributed by atoms with Crippen LogP contribution >= 0.6 is 11.6 Å². The van der Waals surface area contributed by atoms with Crippen LogP contribution in [0.3, 0.4) is 0 Å². The number of anilines is 1. The van der Waals surface area contributed by atoms with E-state index in [1.165, 1.54) is 0 Å². The normalized spacial score (nSPS) is 10.1. The highest BCUT2D eigenvalue weighted by Gasteiger charge is 2.06. The molecule has 0 saturated heterocycles. The molecule has 0 aliphatic heterocycles. The molecule has 0 aliphatic carbocycles. The topological polar surface area (TPSA) is 62.1 Å². The van der Waals surface area contributed by atoms with E-state index in [2.05, 4.69) is 11.4 Å². The second-order valence-electron chi connectivity index (χ2n) is 5.93. The van der Waals surface area contributed by atoms with Crippen LogP contribution in [0.25, 0.3) is 0 Å². The predicted molar refractivity (Wildman–Crippen MR) is 106 cm³/mol. The minimum atomic E-state index is -0.187. The van der Waals surface area contributed by atoms with Gasteiger partial charge in [-0.2, -0.15) is 5.26 Å². The van der Waals surface area contributed by atoms with Crippen molar-refractivity contribution in [1.82, 2.24) is 0 Å². The highest BCUT2D eigenvalue weighted by molar-refractivity contribution is 6.30. The Bertz CT molecular complexity index is 944. The highest BCUT2D eigenvalue weighted by Crippen LogP contribution is 2.17. The van der Waals surface area contributed by atoms with Gasteiger partial charge in [0, 0.05) is 16.3 Å². The largest absolute Gasteiger partial charge is 0.489 e. The molecule has 0 bridgehead atoms. The summed E-state index contributed by atoms with van der Waals surface area (Å²) in [5, 5.41) is 12.2. The summed E-state index contributed by atoms with van der Waals surface area (Å²) >= 11 is 5.85. The maximum atomic E-state index is 12.3. The van der Waals surface area contributed by atoms with Gasteiger partial charge >= 0.3 is 0 Å². The minimum Gasteiger partial charge on any atom is -0.489 e. The molecule has 1 N–H and O–H groups in total. The number of rotatable bonds is 6. The third-order valence-corrected chi connectivity index (χ3v) is 4.18. The Kier molecular flexibility index (Phi) is 6.09. The lowest BCUT2D eigenvalue weighted by molar-refractivity contribution is 0.102. The Hall–Kier alpha value is -3.29. The average Bonchev–Trinajstić information content (AvgIpc) is 2.70. The van der Waals surface area contributed by atoms with Crippen molar-refractivity contribution in [3.63, 3.8) is 0 Å². The van der Waals surface area contributed by atoms with Crippen molar-refractivity contribution in [3.05, 3.63) is 94.5 Å². The summed E-state index contributed by atoms with van der Waals surface area (Å²) in [6.45, 7) is 0.407. The van der Waals surface area contributed by atoms with Crippen molar-refractivity contribution in [3.8, 4) is 11.8 Å². The number of carbonyl (C=O) groups excluding carboxylic acids is 1. The Balaban J connectivity index is 1.56. The standard InChI is InChI=1S/C22H17ClN2O2/c23-19-7-11-21(12-8-19)27-15-17-1-5-18(6-2-17)22(26)25-20-9-3-16(4-10-20)13-14-24/h1-12H,13,15H2,(H,25,26). The molecule has 0 atom stereocenters. The molecule has 3 aromatic rings. The fourth-order valence-electron chi connectivity index (χ4n) is 2.45. The second-order valence-corrected chi connectivity index (χ2v) is 6.36. The molecule has 0 radical (unpaired) electrons. The molecule has 5 heteroatoms. The van der Waals surface area contributed by atoms with Gasteiger partial charge in [-0.05, 0) is 59.7 Å². The fourth-order valence-corrected chi connectivity index (χ4v) is 2.58. The van der Waals surface area contributed by atoms with Crippen molar-refractivity contribution in [2.75, 3.05) is 5.32 Å². The number of halogens is 1. The maximum absolute atomic E-state index is 12.3.